The van der Waals surface area contributed by atoms with Gasteiger partial charge >= 0.3 is 0 Å². The molecular formula is C23H27N3. The third-order valence-electron chi connectivity index (χ3n) is 6.21. The van der Waals surface area contributed by atoms with Crippen molar-refractivity contribution in [2.24, 2.45) is 0 Å². The van der Waals surface area contributed by atoms with Crippen LogP contribution in [-0.4, -0.2) is 28.5 Å². The Balaban J connectivity index is 1.41. The molecule has 0 radical (unpaired) electrons. The molecule has 0 spiro atoms. The molecule has 1 aliphatic carbocycles. The average molecular weight is 345 g/mol. The zero-order chi connectivity index (χ0) is 17.7. The van der Waals surface area contributed by atoms with Crippen molar-refractivity contribution >= 4 is 10.9 Å². The predicted molar refractivity (Wildman–Crippen MR) is 107 cm³/mol. The maximum absolute atomic E-state index is 4.70. The normalized spacial score (nSPS) is 20.5. The summed E-state index contributed by atoms with van der Waals surface area (Å²) < 4.78 is 0. The highest BCUT2D eigenvalue weighted by Crippen LogP contribution is 2.39. The van der Waals surface area contributed by atoms with Gasteiger partial charge in [-0.2, -0.15) is 0 Å². The number of hydrogen-bond acceptors (Lipinski definition) is 2. The second-order valence-electron chi connectivity index (χ2n) is 8.22. The van der Waals surface area contributed by atoms with Gasteiger partial charge < -0.3 is 4.98 Å². The highest BCUT2D eigenvalue weighted by atomic mass is 15.1. The Morgan fingerprint density at radius 1 is 1.19 bits per heavy atom. The van der Waals surface area contributed by atoms with Crippen molar-refractivity contribution in [3.05, 3.63) is 64.6 Å². The number of likely N-dealkylation sites (N-methyl/N-ethyl adjacent to an activating group) is 1. The van der Waals surface area contributed by atoms with E-state index in [1.54, 1.807) is 0 Å². The summed E-state index contributed by atoms with van der Waals surface area (Å²) in [5.41, 5.74) is 8.25. The molecule has 1 saturated carbocycles. The van der Waals surface area contributed by atoms with Crippen LogP contribution in [0.2, 0.25) is 0 Å². The largest absolute Gasteiger partial charge is 0.358 e. The van der Waals surface area contributed by atoms with Gasteiger partial charge in [0.2, 0.25) is 0 Å². The van der Waals surface area contributed by atoms with Gasteiger partial charge in [0.1, 0.15) is 0 Å². The highest BCUT2D eigenvalue weighted by molar-refractivity contribution is 5.86. The number of rotatable bonds is 4. The number of pyridine rings is 1. The van der Waals surface area contributed by atoms with Gasteiger partial charge in [-0.05, 0) is 69.0 Å². The Kier molecular flexibility index (Phi) is 3.86. The lowest BCUT2D eigenvalue weighted by atomic mass is 9.91. The van der Waals surface area contributed by atoms with E-state index in [2.05, 4.69) is 60.4 Å². The summed E-state index contributed by atoms with van der Waals surface area (Å²) >= 11 is 0. The van der Waals surface area contributed by atoms with Gasteiger partial charge in [0.25, 0.3) is 0 Å². The molecule has 1 unspecified atom stereocenters. The van der Waals surface area contributed by atoms with E-state index in [0.29, 0.717) is 6.04 Å². The Morgan fingerprint density at radius 3 is 2.85 bits per heavy atom. The molecule has 1 fully saturated rings. The summed E-state index contributed by atoms with van der Waals surface area (Å²) in [7, 11) is 2.27. The fraction of sp³-hybridized carbons (Fsp3) is 0.435. The molecule has 3 heterocycles. The molecule has 134 valence electrons. The van der Waals surface area contributed by atoms with Crippen LogP contribution in [0.3, 0.4) is 0 Å². The maximum atomic E-state index is 4.70. The lowest BCUT2D eigenvalue weighted by molar-refractivity contribution is 0.220. The number of aromatic amines is 1. The molecule has 0 saturated heterocycles. The number of nitrogens with one attached hydrogen (secondary N) is 1. The van der Waals surface area contributed by atoms with E-state index in [-0.39, 0.29) is 0 Å². The van der Waals surface area contributed by atoms with Crippen molar-refractivity contribution < 1.29 is 0 Å². The Morgan fingerprint density at radius 2 is 2.08 bits per heavy atom. The van der Waals surface area contributed by atoms with Gasteiger partial charge in [-0.3, -0.25) is 9.88 Å². The maximum Gasteiger partial charge on any atom is 0.0459 e. The number of hydrogen-bond donors (Lipinski definition) is 1. The number of nitrogens with zero attached hydrogens (tertiary/aromatic N) is 2. The van der Waals surface area contributed by atoms with Crippen LogP contribution < -0.4 is 0 Å². The molecule has 2 aromatic heterocycles. The summed E-state index contributed by atoms with van der Waals surface area (Å²) in [5, 5.41) is 1.42. The van der Waals surface area contributed by atoms with Crippen LogP contribution in [0, 0.1) is 6.92 Å². The van der Waals surface area contributed by atoms with Gasteiger partial charge in [0.15, 0.2) is 0 Å². The van der Waals surface area contributed by atoms with Gasteiger partial charge in [0, 0.05) is 53.4 Å². The second kappa shape index (κ2) is 6.24. The van der Waals surface area contributed by atoms with Crippen LogP contribution in [0.15, 0.2) is 36.5 Å². The fourth-order valence-corrected chi connectivity index (χ4v) is 4.50. The average Bonchev–Trinajstić information content (AvgIpc) is 3.43. The van der Waals surface area contributed by atoms with Crippen LogP contribution in [0.4, 0.5) is 0 Å². The van der Waals surface area contributed by atoms with Gasteiger partial charge in [-0.15, -0.1) is 0 Å². The van der Waals surface area contributed by atoms with E-state index in [1.807, 2.05) is 0 Å². The van der Waals surface area contributed by atoms with E-state index in [0.717, 1.165) is 31.7 Å². The third kappa shape index (κ3) is 2.84. The predicted octanol–water partition coefficient (Wildman–Crippen LogP) is 4.91. The number of H-pyrrole nitrogens is 1. The first-order valence-electron chi connectivity index (χ1n) is 9.95. The van der Waals surface area contributed by atoms with E-state index < -0.39 is 0 Å². The monoisotopic (exact) mass is 345 g/mol. The molecule has 0 bridgehead atoms. The molecule has 5 rings (SSSR count). The quantitative estimate of drug-likeness (QED) is 0.728. The standard InChI is InChI=1S/C23H27N3/c1-15-3-8-20-18(13-15)23-21(25-20)11-12-26(2)22(23)10-5-16-4-9-19(24-14-16)17-6-7-17/h3-4,8-9,13-14,17,22,25H,5-7,10-12H2,1-2H3. The SMILES string of the molecule is Cc1ccc2[nH]c3c(c2c1)C(CCc1ccc(C2CC2)nc1)N(C)CC3. The molecule has 3 nitrogen and oxygen atoms in total. The molecule has 2 aliphatic rings. The molecule has 1 aromatic carbocycles. The van der Waals surface area contributed by atoms with Crippen molar-refractivity contribution in [1.82, 2.24) is 14.9 Å². The van der Waals surface area contributed by atoms with Crippen LogP contribution in [0.25, 0.3) is 10.9 Å². The number of benzene rings is 1. The van der Waals surface area contributed by atoms with Crippen LogP contribution >= 0.6 is 0 Å². The minimum atomic E-state index is 0.484. The van der Waals surface area contributed by atoms with Crippen molar-refractivity contribution in [3.63, 3.8) is 0 Å². The first kappa shape index (κ1) is 16.1. The van der Waals surface area contributed by atoms with Crippen molar-refractivity contribution in [1.29, 1.82) is 0 Å². The summed E-state index contributed by atoms with van der Waals surface area (Å²) in [4.78, 5) is 10.9. The minimum absolute atomic E-state index is 0.484. The first-order valence-corrected chi connectivity index (χ1v) is 9.95. The van der Waals surface area contributed by atoms with E-state index >= 15 is 0 Å². The summed E-state index contributed by atoms with van der Waals surface area (Å²) in [5.74, 6) is 0.741. The zero-order valence-corrected chi connectivity index (χ0v) is 15.8. The molecule has 1 aliphatic heterocycles. The molecule has 0 amide bonds. The molecule has 1 N–H and O–H groups in total. The molecule has 3 heteroatoms. The third-order valence-corrected chi connectivity index (χ3v) is 6.21. The fourth-order valence-electron chi connectivity index (χ4n) is 4.50. The van der Waals surface area contributed by atoms with Crippen molar-refractivity contribution in [3.8, 4) is 0 Å². The molecular weight excluding hydrogens is 318 g/mol. The lowest BCUT2D eigenvalue weighted by Crippen LogP contribution is -2.32. The van der Waals surface area contributed by atoms with E-state index in [4.69, 9.17) is 4.98 Å². The van der Waals surface area contributed by atoms with Gasteiger partial charge in [-0.25, -0.2) is 0 Å². The Labute approximate surface area is 155 Å². The van der Waals surface area contributed by atoms with Crippen molar-refractivity contribution in [2.75, 3.05) is 13.6 Å². The van der Waals surface area contributed by atoms with E-state index in [1.165, 1.54) is 51.8 Å². The Bertz CT molecular complexity index is 934. The van der Waals surface area contributed by atoms with Gasteiger partial charge in [0.05, 0.1) is 0 Å². The smallest absolute Gasteiger partial charge is 0.0459 e. The molecule has 1 atom stereocenters. The summed E-state index contributed by atoms with van der Waals surface area (Å²) in [6.07, 6.45) is 8.11. The zero-order valence-electron chi connectivity index (χ0n) is 15.8. The number of aromatic nitrogens is 2. The topological polar surface area (TPSA) is 31.9 Å². The number of fused-ring (bicyclic) bond motifs is 3. The van der Waals surface area contributed by atoms with Gasteiger partial charge in [-0.1, -0.05) is 17.7 Å². The number of aryl methyl sites for hydroxylation is 2. The van der Waals surface area contributed by atoms with Crippen LogP contribution in [0.5, 0.6) is 0 Å². The molecule has 26 heavy (non-hydrogen) atoms. The molecule has 3 aromatic rings. The second-order valence-corrected chi connectivity index (χ2v) is 8.22. The van der Waals surface area contributed by atoms with E-state index in [9.17, 15) is 0 Å². The lowest BCUT2D eigenvalue weighted by Gasteiger charge is -2.33. The van der Waals surface area contributed by atoms with Crippen LogP contribution in [-0.2, 0) is 12.8 Å². The minimum Gasteiger partial charge on any atom is -0.358 e. The first-order chi connectivity index (χ1) is 12.7. The summed E-state index contributed by atoms with van der Waals surface area (Å²) in [6.45, 7) is 3.32. The summed E-state index contributed by atoms with van der Waals surface area (Å²) in [6, 6.07) is 11.8. The van der Waals surface area contributed by atoms with Crippen molar-refractivity contribution in [2.45, 2.75) is 51.0 Å². The Hall–Kier alpha value is -2.13. The highest BCUT2D eigenvalue weighted by Gasteiger charge is 2.28. The van der Waals surface area contributed by atoms with Crippen LogP contribution in [0.1, 0.15) is 59.3 Å².